The third-order valence-corrected chi connectivity index (χ3v) is 5.95. The second kappa shape index (κ2) is 9.15. The summed E-state index contributed by atoms with van der Waals surface area (Å²) >= 11 is 0. The fourth-order valence-electron chi connectivity index (χ4n) is 4.62. The van der Waals surface area contributed by atoms with Crippen LogP contribution in [0.5, 0.6) is 0 Å². The van der Waals surface area contributed by atoms with Crippen LogP contribution in [0.4, 0.5) is 0 Å². The lowest BCUT2D eigenvalue weighted by Crippen LogP contribution is -2.46. The molecule has 0 aromatic rings. The van der Waals surface area contributed by atoms with E-state index >= 15 is 0 Å². The Kier molecular flexibility index (Phi) is 7.53. The van der Waals surface area contributed by atoms with E-state index in [9.17, 15) is 0 Å². The standard InChI is InChI=1S/C19H38N2/c1-3-20-16-19(14-10-6-7-11-15-19)17-21(2)18-12-8-4-5-9-13-18/h18,20H,3-17H2,1-2H3. The van der Waals surface area contributed by atoms with E-state index in [1.54, 1.807) is 0 Å². The van der Waals surface area contributed by atoms with Crippen LogP contribution in [0.25, 0.3) is 0 Å². The monoisotopic (exact) mass is 294 g/mol. The van der Waals surface area contributed by atoms with Crippen molar-refractivity contribution < 1.29 is 0 Å². The van der Waals surface area contributed by atoms with E-state index in [1.807, 2.05) is 0 Å². The van der Waals surface area contributed by atoms with Gasteiger partial charge in [0.05, 0.1) is 0 Å². The lowest BCUT2D eigenvalue weighted by Gasteiger charge is -2.40. The van der Waals surface area contributed by atoms with Crippen LogP contribution in [0.1, 0.15) is 84.0 Å². The van der Waals surface area contributed by atoms with Crippen molar-refractivity contribution >= 4 is 0 Å². The lowest BCUT2D eigenvalue weighted by atomic mass is 9.79. The lowest BCUT2D eigenvalue weighted by molar-refractivity contribution is 0.108. The predicted molar refractivity (Wildman–Crippen MR) is 92.8 cm³/mol. The van der Waals surface area contributed by atoms with Gasteiger partial charge in [-0.3, -0.25) is 0 Å². The summed E-state index contributed by atoms with van der Waals surface area (Å²) in [5, 5.41) is 3.68. The fraction of sp³-hybridized carbons (Fsp3) is 1.00. The Bertz CT molecular complexity index is 261. The molecule has 21 heavy (non-hydrogen) atoms. The Morgan fingerprint density at radius 2 is 1.48 bits per heavy atom. The number of hydrogen-bond acceptors (Lipinski definition) is 2. The van der Waals surface area contributed by atoms with Gasteiger partial charge in [0.1, 0.15) is 0 Å². The third-order valence-electron chi connectivity index (χ3n) is 5.95. The molecule has 0 aromatic carbocycles. The summed E-state index contributed by atoms with van der Waals surface area (Å²) in [6.07, 6.45) is 17.4. The van der Waals surface area contributed by atoms with Crippen molar-refractivity contribution in [1.82, 2.24) is 10.2 Å². The zero-order chi connectivity index (χ0) is 15.0. The Balaban J connectivity index is 1.95. The summed E-state index contributed by atoms with van der Waals surface area (Å²) < 4.78 is 0. The molecule has 0 aliphatic heterocycles. The van der Waals surface area contributed by atoms with Crippen molar-refractivity contribution in [2.24, 2.45) is 5.41 Å². The molecule has 0 spiro atoms. The second-order valence-electron chi connectivity index (χ2n) is 7.76. The highest BCUT2D eigenvalue weighted by molar-refractivity contribution is 4.88. The van der Waals surface area contributed by atoms with Crippen LogP contribution in [0.15, 0.2) is 0 Å². The Morgan fingerprint density at radius 3 is 2.05 bits per heavy atom. The summed E-state index contributed by atoms with van der Waals surface area (Å²) in [4.78, 5) is 2.74. The zero-order valence-electron chi connectivity index (χ0n) is 14.6. The van der Waals surface area contributed by atoms with E-state index in [0.717, 1.165) is 12.6 Å². The molecular weight excluding hydrogens is 256 g/mol. The van der Waals surface area contributed by atoms with Gasteiger partial charge in [-0.15, -0.1) is 0 Å². The van der Waals surface area contributed by atoms with E-state index in [1.165, 1.54) is 90.1 Å². The molecule has 2 fully saturated rings. The highest BCUT2D eigenvalue weighted by Crippen LogP contribution is 2.36. The van der Waals surface area contributed by atoms with Crippen LogP contribution in [0.2, 0.25) is 0 Å². The maximum absolute atomic E-state index is 3.68. The van der Waals surface area contributed by atoms with Gasteiger partial charge in [0.15, 0.2) is 0 Å². The summed E-state index contributed by atoms with van der Waals surface area (Å²) in [5.74, 6) is 0. The van der Waals surface area contributed by atoms with Crippen LogP contribution >= 0.6 is 0 Å². The molecule has 2 aliphatic rings. The van der Waals surface area contributed by atoms with Gasteiger partial charge in [-0.2, -0.15) is 0 Å². The number of rotatable bonds is 6. The van der Waals surface area contributed by atoms with Crippen molar-refractivity contribution in [1.29, 1.82) is 0 Å². The molecule has 0 radical (unpaired) electrons. The summed E-state index contributed by atoms with van der Waals surface area (Å²) in [5.41, 5.74) is 0.549. The van der Waals surface area contributed by atoms with E-state index < -0.39 is 0 Å². The molecule has 2 rings (SSSR count). The first-order valence-corrected chi connectivity index (χ1v) is 9.67. The van der Waals surface area contributed by atoms with Gasteiger partial charge in [0, 0.05) is 19.1 Å². The van der Waals surface area contributed by atoms with Gasteiger partial charge in [0.2, 0.25) is 0 Å². The van der Waals surface area contributed by atoms with Gasteiger partial charge in [0.25, 0.3) is 0 Å². The van der Waals surface area contributed by atoms with E-state index in [4.69, 9.17) is 0 Å². The van der Waals surface area contributed by atoms with Crippen molar-refractivity contribution in [2.45, 2.75) is 90.0 Å². The fourth-order valence-corrected chi connectivity index (χ4v) is 4.62. The topological polar surface area (TPSA) is 15.3 Å². The first kappa shape index (κ1) is 17.3. The molecule has 0 atom stereocenters. The maximum atomic E-state index is 3.68. The van der Waals surface area contributed by atoms with Crippen LogP contribution < -0.4 is 5.32 Å². The molecule has 0 unspecified atom stereocenters. The van der Waals surface area contributed by atoms with Crippen molar-refractivity contribution in [2.75, 3.05) is 26.7 Å². The molecule has 1 N–H and O–H groups in total. The van der Waals surface area contributed by atoms with Gasteiger partial charge in [-0.05, 0) is 44.7 Å². The van der Waals surface area contributed by atoms with Gasteiger partial charge in [-0.25, -0.2) is 0 Å². The number of nitrogens with one attached hydrogen (secondary N) is 1. The first-order valence-electron chi connectivity index (χ1n) is 9.67. The molecule has 2 aliphatic carbocycles. The van der Waals surface area contributed by atoms with Crippen LogP contribution in [-0.2, 0) is 0 Å². The van der Waals surface area contributed by atoms with E-state index in [-0.39, 0.29) is 0 Å². The highest BCUT2D eigenvalue weighted by Gasteiger charge is 2.33. The zero-order valence-corrected chi connectivity index (χ0v) is 14.6. The molecule has 0 heterocycles. The molecule has 0 bridgehead atoms. The van der Waals surface area contributed by atoms with Crippen molar-refractivity contribution in [3.05, 3.63) is 0 Å². The van der Waals surface area contributed by atoms with E-state index in [0.29, 0.717) is 5.41 Å². The minimum Gasteiger partial charge on any atom is -0.316 e. The molecular formula is C19H38N2. The Morgan fingerprint density at radius 1 is 0.905 bits per heavy atom. The maximum Gasteiger partial charge on any atom is 0.00924 e. The molecule has 0 saturated heterocycles. The van der Waals surface area contributed by atoms with Crippen LogP contribution in [0.3, 0.4) is 0 Å². The highest BCUT2D eigenvalue weighted by atomic mass is 15.1. The minimum atomic E-state index is 0.549. The number of hydrogen-bond donors (Lipinski definition) is 1. The average Bonchev–Trinajstić information content (AvgIpc) is 2.88. The molecule has 0 amide bonds. The van der Waals surface area contributed by atoms with Gasteiger partial charge < -0.3 is 10.2 Å². The largest absolute Gasteiger partial charge is 0.316 e. The van der Waals surface area contributed by atoms with Crippen LogP contribution in [0, 0.1) is 5.41 Å². The Hall–Kier alpha value is -0.0800. The molecule has 2 saturated carbocycles. The summed E-state index contributed by atoms with van der Waals surface area (Å²) in [6.45, 7) is 5.93. The van der Waals surface area contributed by atoms with Crippen molar-refractivity contribution in [3.63, 3.8) is 0 Å². The number of nitrogens with zero attached hydrogens (tertiary/aromatic N) is 1. The van der Waals surface area contributed by atoms with Gasteiger partial charge >= 0.3 is 0 Å². The minimum absolute atomic E-state index is 0.549. The SMILES string of the molecule is CCNCC1(CN(C)C2CCCCCC2)CCCCCC1. The van der Waals surface area contributed by atoms with Gasteiger partial charge in [-0.1, -0.05) is 58.3 Å². The summed E-state index contributed by atoms with van der Waals surface area (Å²) in [7, 11) is 2.41. The Labute approximate surface area is 133 Å². The third kappa shape index (κ3) is 5.56. The molecule has 2 nitrogen and oxygen atoms in total. The average molecular weight is 295 g/mol. The van der Waals surface area contributed by atoms with E-state index in [2.05, 4.69) is 24.2 Å². The quantitative estimate of drug-likeness (QED) is 0.721. The normalized spacial score (nSPS) is 24.7. The summed E-state index contributed by atoms with van der Waals surface area (Å²) in [6, 6.07) is 0.856. The van der Waals surface area contributed by atoms with Crippen LogP contribution in [-0.4, -0.2) is 37.6 Å². The first-order chi connectivity index (χ1) is 10.3. The molecule has 0 aromatic heterocycles. The second-order valence-corrected chi connectivity index (χ2v) is 7.76. The molecule has 124 valence electrons. The smallest absolute Gasteiger partial charge is 0.00924 e. The molecule has 2 heteroatoms. The predicted octanol–water partition coefficient (Wildman–Crippen LogP) is 4.59. The van der Waals surface area contributed by atoms with Crippen molar-refractivity contribution in [3.8, 4) is 0 Å².